The minimum atomic E-state index is -1.34. The molecule has 142 valence electrons. The van der Waals surface area contributed by atoms with Crippen LogP contribution in [-0.4, -0.2) is 30.2 Å². The Bertz CT molecular complexity index is 745. The number of Topliss-reactive ketones (excluding diaryl/α,β-unsaturated/α-hetero) is 1. The van der Waals surface area contributed by atoms with Crippen molar-refractivity contribution >= 4 is 23.3 Å². The Kier molecular flexibility index (Phi) is 6.23. The van der Waals surface area contributed by atoms with Crippen molar-refractivity contribution < 1.29 is 14.4 Å². The summed E-state index contributed by atoms with van der Waals surface area (Å²) in [6.45, 7) is 0.677. The highest BCUT2D eigenvalue weighted by molar-refractivity contribution is 6.12. The molecule has 1 saturated heterocycles. The highest BCUT2D eigenvalue weighted by atomic mass is 16.2. The van der Waals surface area contributed by atoms with Crippen LogP contribution < -0.4 is 10.2 Å². The van der Waals surface area contributed by atoms with Gasteiger partial charge in [-0.2, -0.15) is 5.26 Å². The lowest BCUT2D eigenvalue weighted by atomic mass is 9.93. The van der Waals surface area contributed by atoms with Crippen LogP contribution in [0.25, 0.3) is 0 Å². The van der Waals surface area contributed by atoms with Gasteiger partial charge in [0.1, 0.15) is 0 Å². The van der Waals surface area contributed by atoms with E-state index in [2.05, 4.69) is 5.32 Å². The first-order valence-corrected chi connectivity index (χ1v) is 9.75. The number of hydrogen-bond acceptors (Lipinski definition) is 4. The molecule has 1 aromatic rings. The maximum atomic E-state index is 12.6. The van der Waals surface area contributed by atoms with E-state index < -0.39 is 17.6 Å². The van der Waals surface area contributed by atoms with Crippen molar-refractivity contribution in [3.8, 4) is 6.07 Å². The van der Waals surface area contributed by atoms with Crippen LogP contribution in [0, 0.1) is 17.2 Å². The van der Waals surface area contributed by atoms with Gasteiger partial charge in [-0.1, -0.05) is 19.3 Å². The molecule has 1 N–H and O–H groups in total. The van der Waals surface area contributed by atoms with Crippen LogP contribution in [0.3, 0.4) is 0 Å². The zero-order valence-corrected chi connectivity index (χ0v) is 15.4. The zero-order valence-electron chi connectivity index (χ0n) is 15.4. The molecule has 1 saturated carbocycles. The van der Waals surface area contributed by atoms with Crippen LogP contribution in [0.15, 0.2) is 24.3 Å². The van der Waals surface area contributed by atoms with Gasteiger partial charge in [-0.3, -0.25) is 14.4 Å². The Morgan fingerprint density at radius 3 is 2.41 bits per heavy atom. The minimum Gasteiger partial charge on any atom is -0.352 e. The third kappa shape index (κ3) is 4.54. The van der Waals surface area contributed by atoms with Crippen molar-refractivity contribution in [2.24, 2.45) is 5.92 Å². The van der Waals surface area contributed by atoms with E-state index in [0.29, 0.717) is 18.5 Å². The fraction of sp³-hybridized carbons (Fsp3) is 0.524. The molecule has 1 aliphatic heterocycles. The van der Waals surface area contributed by atoms with Crippen LogP contribution in [0.4, 0.5) is 5.69 Å². The number of carbonyl (C=O) groups is 3. The van der Waals surface area contributed by atoms with Gasteiger partial charge < -0.3 is 10.2 Å². The topological polar surface area (TPSA) is 90.3 Å². The van der Waals surface area contributed by atoms with Crippen molar-refractivity contribution in [1.82, 2.24) is 5.32 Å². The fourth-order valence-electron chi connectivity index (χ4n) is 3.82. The monoisotopic (exact) mass is 367 g/mol. The number of amides is 2. The highest BCUT2D eigenvalue weighted by Crippen LogP contribution is 2.23. The minimum absolute atomic E-state index is 0.0578. The molecule has 0 bridgehead atoms. The van der Waals surface area contributed by atoms with Gasteiger partial charge in [-0.05, 0) is 49.9 Å². The number of nitrogens with zero attached hydrogens (tertiary/aromatic N) is 2. The van der Waals surface area contributed by atoms with Gasteiger partial charge in [0.25, 0.3) is 0 Å². The number of nitrogens with one attached hydrogen (secondary N) is 1. The number of rotatable bonds is 5. The van der Waals surface area contributed by atoms with Gasteiger partial charge in [-0.25, -0.2) is 0 Å². The Labute approximate surface area is 159 Å². The molecule has 1 unspecified atom stereocenters. The van der Waals surface area contributed by atoms with Crippen LogP contribution in [0.2, 0.25) is 0 Å². The smallest absolute Gasteiger partial charge is 0.245 e. The van der Waals surface area contributed by atoms with Crippen LogP contribution in [0.1, 0.15) is 61.7 Å². The normalized spacial score (nSPS) is 19.2. The number of hydrogen-bond donors (Lipinski definition) is 1. The molecule has 2 fully saturated rings. The molecular formula is C21H25N3O3. The molecule has 0 spiro atoms. The number of anilines is 1. The highest BCUT2D eigenvalue weighted by Gasteiger charge is 2.30. The first kappa shape index (κ1) is 19.1. The lowest BCUT2D eigenvalue weighted by Gasteiger charge is -2.27. The summed E-state index contributed by atoms with van der Waals surface area (Å²) in [4.78, 5) is 38.8. The molecule has 3 rings (SSSR count). The van der Waals surface area contributed by atoms with E-state index in [9.17, 15) is 19.6 Å². The van der Waals surface area contributed by atoms with Crippen molar-refractivity contribution in [1.29, 1.82) is 5.26 Å². The van der Waals surface area contributed by atoms with Crippen LogP contribution >= 0.6 is 0 Å². The predicted molar refractivity (Wildman–Crippen MR) is 101 cm³/mol. The summed E-state index contributed by atoms with van der Waals surface area (Å²) in [5, 5.41) is 12.2. The SMILES string of the molecule is N#CC(C(=O)NC1CCCCC1)C(=O)c1ccc(N2CCCCC2=O)cc1. The Balaban J connectivity index is 1.66. The molecule has 0 radical (unpaired) electrons. The Morgan fingerprint density at radius 1 is 1.07 bits per heavy atom. The van der Waals surface area contributed by atoms with Gasteiger partial charge in [0.2, 0.25) is 11.8 Å². The lowest BCUT2D eigenvalue weighted by molar-refractivity contribution is -0.123. The van der Waals surface area contributed by atoms with E-state index in [0.717, 1.165) is 44.2 Å². The molecule has 2 aliphatic rings. The summed E-state index contributed by atoms with van der Waals surface area (Å²) in [6, 6.07) is 8.52. The maximum absolute atomic E-state index is 12.6. The van der Waals surface area contributed by atoms with Gasteiger partial charge in [0.15, 0.2) is 11.7 Å². The van der Waals surface area contributed by atoms with Crippen LogP contribution in [-0.2, 0) is 9.59 Å². The maximum Gasteiger partial charge on any atom is 0.245 e. The Hall–Kier alpha value is -2.68. The second-order valence-electron chi connectivity index (χ2n) is 7.32. The van der Waals surface area contributed by atoms with Gasteiger partial charge in [0, 0.05) is 30.3 Å². The van der Waals surface area contributed by atoms with E-state index in [1.165, 1.54) is 6.42 Å². The molecular weight excluding hydrogens is 342 g/mol. The van der Waals surface area contributed by atoms with E-state index in [1.807, 2.05) is 6.07 Å². The number of ketones is 1. The summed E-state index contributed by atoms with van der Waals surface area (Å²) < 4.78 is 0. The van der Waals surface area contributed by atoms with E-state index in [1.54, 1.807) is 29.2 Å². The third-order valence-electron chi connectivity index (χ3n) is 5.39. The average molecular weight is 367 g/mol. The van der Waals surface area contributed by atoms with E-state index >= 15 is 0 Å². The van der Waals surface area contributed by atoms with Gasteiger partial charge >= 0.3 is 0 Å². The zero-order chi connectivity index (χ0) is 19.2. The average Bonchev–Trinajstić information content (AvgIpc) is 2.70. The number of piperidine rings is 1. The summed E-state index contributed by atoms with van der Waals surface area (Å²) in [5.74, 6) is -2.26. The molecule has 2 amide bonds. The first-order valence-electron chi connectivity index (χ1n) is 9.75. The van der Waals surface area contributed by atoms with Crippen molar-refractivity contribution in [2.75, 3.05) is 11.4 Å². The quantitative estimate of drug-likeness (QED) is 0.640. The Morgan fingerprint density at radius 2 is 1.78 bits per heavy atom. The van der Waals surface area contributed by atoms with E-state index in [-0.39, 0.29) is 11.9 Å². The molecule has 0 aromatic heterocycles. The van der Waals surface area contributed by atoms with Crippen molar-refractivity contribution in [3.05, 3.63) is 29.8 Å². The molecule has 27 heavy (non-hydrogen) atoms. The second-order valence-corrected chi connectivity index (χ2v) is 7.32. The molecule has 6 nitrogen and oxygen atoms in total. The molecule has 1 atom stereocenters. The summed E-state index contributed by atoms with van der Waals surface area (Å²) in [7, 11) is 0. The summed E-state index contributed by atoms with van der Waals surface area (Å²) in [6.07, 6.45) is 7.50. The first-order chi connectivity index (χ1) is 13.1. The van der Waals surface area contributed by atoms with Crippen molar-refractivity contribution in [2.45, 2.75) is 57.4 Å². The summed E-state index contributed by atoms with van der Waals surface area (Å²) >= 11 is 0. The van der Waals surface area contributed by atoms with Crippen molar-refractivity contribution in [3.63, 3.8) is 0 Å². The number of benzene rings is 1. The third-order valence-corrected chi connectivity index (χ3v) is 5.39. The largest absolute Gasteiger partial charge is 0.352 e. The molecule has 1 aromatic carbocycles. The predicted octanol–water partition coefficient (Wildman–Crippen LogP) is 2.97. The van der Waals surface area contributed by atoms with Gasteiger partial charge in [0.05, 0.1) is 6.07 Å². The molecule has 6 heteroatoms. The lowest BCUT2D eigenvalue weighted by Crippen LogP contribution is -2.42. The fourth-order valence-corrected chi connectivity index (χ4v) is 3.82. The summed E-state index contributed by atoms with van der Waals surface area (Å²) in [5.41, 5.74) is 1.06. The molecule has 1 heterocycles. The van der Waals surface area contributed by atoms with E-state index in [4.69, 9.17) is 0 Å². The number of carbonyl (C=O) groups excluding carboxylic acids is 3. The number of nitriles is 1. The molecule has 1 aliphatic carbocycles. The van der Waals surface area contributed by atoms with Crippen LogP contribution in [0.5, 0.6) is 0 Å². The standard InChI is InChI=1S/C21H25N3O3/c22-14-18(21(27)23-16-6-2-1-3-7-16)20(26)15-9-11-17(12-10-15)24-13-5-4-8-19(24)25/h9-12,16,18H,1-8,13H2,(H,23,27). The van der Waals surface area contributed by atoms with Gasteiger partial charge in [-0.15, -0.1) is 0 Å². The second kappa shape index (κ2) is 8.81.